The Morgan fingerprint density at radius 1 is 1.67 bits per heavy atom. The van der Waals surface area contributed by atoms with Crippen LogP contribution in [0.4, 0.5) is 10.1 Å². The molecule has 0 saturated carbocycles. The molecule has 1 aromatic heterocycles. The van der Waals surface area contributed by atoms with Crippen LogP contribution in [0.2, 0.25) is 5.15 Å². The number of nitrogens with zero attached hydrogens (tertiary/aromatic N) is 1. The molecule has 1 aromatic rings. The van der Waals surface area contributed by atoms with Gasteiger partial charge in [-0.05, 0) is 19.0 Å². The van der Waals surface area contributed by atoms with Gasteiger partial charge in [-0.3, -0.25) is 4.79 Å². The molecule has 98 valence electrons. The lowest BCUT2D eigenvalue weighted by atomic mass is 10.0. The number of hydrogen-bond donors (Lipinski definition) is 3. The van der Waals surface area contributed by atoms with Gasteiger partial charge in [-0.2, -0.15) is 0 Å². The molecule has 7 heteroatoms. The highest BCUT2D eigenvalue weighted by Gasteiger charge is 2.25. The molecule has 5 nitrogen and oxygen atoms in total. The first-order chi connectivity index (χ1) is 8.58. The molecule has 0 bridgehead atoms. The number of anilines is 1. The van der Waals surface area contributed by atoms with Gasteiger partial charge in [-0.15, -0.1) is 0 Å². The van der Waals surface area contributed by atoms with Crippen molar-refractivity contribution in [2.45, 2.75) is 18.6 Å². The van der Waals surface area contributed by atoms with Crippen LogP contribution in [-0.4, -0.2) is 36.2 Å². The molecule has 18 heavy (non-hydrogen) atoms. The van der Waals surface area contributed by atoms with E-state index in [0.29, 0.717) is 18.7 Å². The lowest BCUT2D eigenvalue weighted by molar-refractivity contribution is 0.100. The number of carbonyl (C=O) groups is 1. The van der Waals surface area contributed by atoms with Gasteiger partial charge >= 0.3 is 0 Å². The minimum atomic E-state index is -1.02. The second kappa shape index (κ2) is 5.49. The Balaban J connectivity index is 2.21. The summed E-state index contributed by atoms with van der Waals surface area (Å²) in [6, 6.07) is 1.12. The van der Waals surface area contributed by atoms with Crippen LogP contribution < -0.4 is 16.4 Å². The van der Waals surface area contributed by atoms with Crippen LogP contribution in [0.3, 0.4) is 0 Å². The van der Waals surface area contributed by atoms with E-state index in [1.807, 2.05) is 0 Å². The Bertz CT molecular complexity index is 457. The molecule has 0 unspecified atom stereocenters. The molecule has 0 aliphatic carbocycles. The van der Waals surface area contributed by atoms with Crippen LogP contribution in [0.1, 0.15) is 16.8 Å². The number of nitrogens with one attached hydrogen (secondary N) is 2. The minimum absolute atomic E-state index is 0.213. The third-order valence-electron chi connectivity index (χ3n) is 2.89. The standard InChI is InChI=1S/C11H14ClFN4O/c12-10-3-9(6(4-16-10)11(14)18)17-8-1-2-15-5-7(8)13/h3-4,7-8,15H,1-2,5H2,(H2,14,18)(H,16,17)/t7-,8+/m0/s1. The molecule has 1 amide bonds. The molecule has 1 aliphatic rings. The molecule has 1 saturated heterocycles. The summed E-state index contributed by atoms with van der Waals surface area (Å²) in [5.41, 5.74) is 5.88. The highest BCUT2D eigenvalue weighted by molar-refractivity contribution is 6.29. The molecule has 0 spiro atoms. The van der Waals surface area contributed by atoms with Crippen LogP contribution in [-0.2, 0) is 0 Å². The zero-order chi connectivity index (χ0) is 13.1. The first-order valence-electron chi connectivity index (χ1n) is 5.64. The third kappa shape index (κ3) is 2.88. The van der Waals surface area contributed by atoms with Crippen molar-refractivity contribution in [3.63, 3.8) is 0 Å². The van der Waals surface area contributed by atoms with Crippen LogP contribution >= 0.6 is 11.6 Å². The maximum Gasteiger partial charge on any atom is 0.252 e. The Kier molecular flexibility index (Phi) is 3.98. The van der Waals surface area contributed by atoms with Crippen molar-refractivity contribution >= 4 is 23.2 Å². The van der Waals surface area contributed by atoms with Crippen molar-refractivity contribution in [1.82, 2.24) is 10.3 Å². The second-order valence-corrected chi connectivity index (χ2v) is 4.56. The van der Waals surface area contributed by atoms with Crippen LogP contribution in [0.5, 0.6) is 0 Å². The van der Waals surface area contributed by atoms with E-state index >= 15 is 0 Å². The lowest BCUT2D eigenvalue weighted by Crippen LogP contribution is -2.45. The maximum atomic E-state index is 13.7. The van der Waals surface area contributed by atoms with Crippen molar-refractivity contribution in [3.8, 4) is 0 Å². The molecular weight excluding hydrogens is 259 g/mol. The zero-order valence-electron chi connectivity index (χ0n) is 9.62. The summed E-state index contributed by atoms with van der Waals surface area (Å²) >= 11 is 5.77. The summed E-state index contributed by atoms with van der Waals surface area (Å²) in [5, 5.41) is 6.16. The van der Waals surface area contributed by atoms with Crippen LogP contribution in [0.15, 0.2) is 12.3 Å². The summed E-state index contributed by atoms with van der Waals surface area (Å²) in [6.45, 7) is 1.02. The van der Waals surface area contributed by atoms with Crippen LogP contribution in [0, 0.1) is 0 Å². The molecular formula is C11H14ClFN4O. The third-order valence-corrected chi connectivity index (χ3v) is 3.09. The van der Waals surface area contributed by atoms with Gasteiger partial charge in [-0.25, -0.2) is 9.37 Å². The largest absolute Gasteiger partial charge is 0.378 e. The van der Waals surface area contributed by atoms with Gasteiger partial charge in [0.15, 0.2) is 0 Å². The van der Waals surface area contributed by atoms with Crippen molar-refractivity contribution in [3.05, 3.63) is 23.0 Å². The number of primary amides is 1. The predicted molar refractivity (Wildman–Crippen MR) is 67.6 cm³/mol. The van der Waals surface area contributed by atoms with E-state index in [4.69, 9.17) is 17.3 Å². The Labute approximate surface area is 109 Å². The van der Waals surface area contributed by atoms with Gasteiger partial charge < -0.3 is 16.4 Å². The van der Waals surface area contributed by atoms with E-state index in [9.17, 15) is 9.18 Å². The second-order valence-electron chi connectivity index (χ2n) is 4.18. The van der Waals surface area contributed by atoms with E-state index in [1.165, 1.54) is 12.3 Å². The number of amides is 1. The van der Waals surface area contributed by atoms with Crippen molar-refractivity contribution in [2.24, 2.45) is 5.73 Å². The minimum Gasteiger partial charge on any atom is -0.378 e. The Morgan fingerprint density at radius 3 is 3.11 bits per heavy atom. The SMILES string of the molecule is NC(=O)c1cnc(Cl)cc1N[C@@H]1CCNC[C@@H]1F. The van der Waals surface area contributed by atoms with E-state index in [1.54, 1.807) is 0 Å². The molecule has 2 rings (SSSR count). The van der Waals surface area contributed by atoms with Gasteiger partial charge in [0.05, 0.1) is 17.3 Å². The fourth-order valence-electron chi connectivity index (χ4n) is 1.93. The highest BCUT2D eigenvalue weighted by Crippen LogP contribution is 2.22. The van der Waals surface area contributed by atoms with E-state index in [-0.39, 0.29) is 16.8 Å². The fraction of sp³-hybridized carbons (Fsp3) is 0.455. The molecule has 1 aliphatic heterocycles. The molecule has 1 fully saturated rings. The number of rotatable bonds is 3. The van der Waals surface area contributed by atoms with E-state index < -0.39 is 12.1 Å². The quantitative estimate of drug-likeness (QED) is 0.716. The molecule has 2 heterocycles. The number of nitrogens with two attached hydrogens (primary N) is 1. The monoisotopic (exact) mass is 272 g/mol. The summed E-state index contributed by atoms with van der Waals surface area (Å²) in [7, 11) is 0. The van der Waals surface area contributed by atoms with Crippen molar-refractivity contribution < 1.29 is 9.18 Å². The maximum absolute atomic E-state index is 13.7. The predicted octanol–water partition coefficient (Wildman–Crippen LogP) is 0.946. The molecule has 4 N–H and O–H groups in total. The number of halogens is 2. The summed E-state index contributed by atoms with van der Waals surface area (Å²) < 4.78 is 13.7. The molecule has 0 aromatic carbocycles. The number of hydrogen-bond acceptors (Lipinski definition) is 4. The number of carbonyl (C=O) groups excluding carboxylic acids is 1. The first-order valence-corrected chi connectivity index (χ1v) is 6.02. The highest BCUT2D eigenvalue weighted by atomic mass is 35.5. The zero-order valence-corrected chi connectivity index (χ0v) is 10.4. The van der Waals surface area contributed by atoms with E-state index in [0.717, 1.165) is 6.54 Å². The number of alkyl halides is 1. The normalized spacial score (nSPS) is 23.7. The van der Waals surface area contributed by atoms with Gasteiger partial charge in [0, 0.05) is 12.7 Å². The van der Waals surface area contributed by atoms with Gasteiger partial charge in [0.2, 0.25) is 0 Å². The summed E-state index contributed by atoms with van der Waals surface area (Å²) in [5.74, 6) is -0.619. The summed E-state index contributed by atoms with van der Waals surface area (Å²) in [4.78, 5) is 15.0. The number of piperidine rings is 1. The average Bonchev–Trinajstić information content (AvgIpc) is 2.32. The van der Waals surface area contributed by atoms with Gasteiger partial charge in [0.25, 0.3) is 5.91 Å². The number of aromatic nitrogens is 1. The average molecular weight is 273 g/mol. The van der Waals surface area contributed by atoms with Crippen LogP contribution in [0.25, 0.3) is 0 Å². The van der Waals surface area contributed by atoms with Gasteiger partial charge in [0.1, 0.15) is 11.3 Å². The smallest absolute Gasteiger partial charge is 0.252 e. The first kappa shape index (κ1) is 13.0. The summed E-state index contributed by atoms with van der Waals surface area (Å²) in [6.07, 6.45) is 0.895. The fourth-order valence-corrected chi connectivity index (χ4v) is 2.09. The number of pyridine rings is 1. The Hall–Kier alpha value is -1.40. The van der Waals surface area contributed by atoms with Crippen molar-refractivity contribution in [2.75, 3.05) is 18.4 Å². The molecule has 2 atom stereocenters. The lowest BCUT2D eigenvalue weighted by Gasteiger charge is -2.28. The topological polar surface area (TPSA) is 80.0 Å². The van der Waals surface area contributed by atoms with Gasteiger partial charge in [-0.1, -0.05) is 11.6 Å². The van der Waals surface area contributed by atoms with E-state index in [2.05, 4.69) is 15.6 Å². The van der Waals surface area contributed by atoms with Crippen molar-refractivity contribution in [1.29, 1.82) is 0 Å². The Morgan fingerprint density at radius 2 is 2.44 bits per heavy atom. The molecule has 0 radical (unpaired) electrons.